The minimum Gasteiger partial charge on any atom is -0.375 e. The first-order valence-electron chi connectivity index (χ1n) is 7.23. The Labute approximate surface area is 127 Å². The van der Waals surface area contributed by atoms with E-state index in [4.69, 9.17) is 10.5 Å². The third kappa shape index (κ3) is 2.64. The number of hydrogen-bond donors (Lipinski definition) is 1. The molecular formula is C15H20BrFN2O. The topological polar surface area (TPSA) is 38.5 Å². The molecule has 0 amide bonds. The van der Waals surface area contributed by atoms with Crippen molar-refractivity contribution in [1.29, 1.82) is 0 Å². The van der Waals surface area contributed by atoms with Crippen molar-refractivity contribution in [1.82, 2.24) is 4.90 Å². The van der Waals surface area contributed by atoms with Crippen LogP contribution >= 0.6 is 15.9 Å². The molecule has 3 unspecified atom stereocenters. The molecule has 1 aliphatic carbocycles. The molecule has 3 nitrogen and oxygen atoms in total. The summed E-state index contributed by atoms with van der Waals surface area (Å²) in [5, 5.41) is 0. The molecule has 2 aliphatic rings. The number of hydrogen-bond acceptors (Lipinski definition) is 3. The van der Waals surface area contributed by atoms with E-state index in [1.54, 1.807) is 12.1 Å². The van der Waals surface area contributed by atoms with Crippen LogP contribution in [0.4, 0.5) is 4.39 Å². The van der Waals surface area contributed by atoms with E-state index in [0.29, 0.717) is 23.2 Å². The van der Waals surface area contributed by atoms with Gasteiger partial charge in [-0.1, -0.05) is 6.07 Å². The minimum atomic E-state index is -0.225. The second-order valence-electron chi connectivity index (χ2n) is 5.57. The van der Waals surface area contributed by atoms with Crippen LogP contribution in [-0.4, -0.2) is 36.7 Å². The van der Waals surface area contributed by atoms with Gasteiger partial charge in [0.25, 0.3) is 0 Å². The van der Waals surface area contributed by atoms with Crippen LogP contribution in [0.25, 0.3) is 0 Å². The van der Waals surface area contributed by atoms with Crippen LogP contribution in [0.5, 0.6) is 0 Å². The maximum atomic E-state index is 13.8. The lowest BCUT2D eigenvalue weighted by molar-refractivity contribution is -0.0711. The number of nitrogens with zero attached hydrogens (tertiary/aromatic N) is 1. The first-order chi connectivity index (χ1) is 9.70. The van der Waals surface area contributed by atoms with Crippen LogP contribution < -0.4 is 5.73 Å². The molecule has 5 heteroatoms. The lowest BCUT2D eigenvalue weighted by Gasteiger charge is -2.42. The minimum absolute atomic E-state index is 0.0760. The second kappa shape index (κ2) is 6.10. The summed E-state index contributed by atoms with van der Waals surface area (Å²) in [6.45, 7) is 2.13. The van der Waals surface area contributed by atoms with E-state index < -0.39 is 0 Å². The molecule has 1 aliphatic heterocycles. The molecule has 1 saturated heterocycles. The van der Waals surface area contributed by atoms with Crippen LogP contribution in [0, 0.1) is 5.82 Å². The highest BCUT2D eigenvalue weighted by molar-refractivity contribution is 9.10. The molecule has 0 bridgehead atoms. The number of ether oxygens (including phenoxy) is 1. The van der Waals surface area contributed by atoms with Gasteiger partial charge < -0.3 is 10.5 Å². The zero-order valence-corrected chi connectivity index (χ0v) is 13.0. The van der Waals surface area contributed by atoms with Gasteiger partial charge in [-0.3, -0.25) is 4.90 Å². The summed E-state index contributed by atoms with van der Waals surface area (Å²) < 4.78 is 20.1. The van der Waals surface area contributed by atoms with Gasteiger partial charge in [-0.05, 0) is 52.9 Å². The Kier molecular flexibility index (Phi) is 4.40. The average Bonchev–Trinajstić information content (AvgIpc) is 2.93. The third-order valence-electron chi connectivity index (χ3n) is 4.48. The van der Waals surface area contributed by atoms with Crippen molar-refractivity contribution < 1.29 is 9.13 Å². The second-order valence-corrected chi connectivity index (χ2v) is 6.42. The lowest BCUT2D eigenvalue weighted by atomic mass is 10.0. The summed E-state index contributed by atoms with van der Waals surface area (Å²) in [4.78, 5) is 2.42. The molecule has 3 rings (SSSR count). The largest absolute Gasteiger partial charge is 0.375 e. The van der Waals surface area contributed by atoms with Crippen molar-refractivity contribution in [2.45, 2.75) is 37.5 Å². The number of morpholine rings is 1. The summed E-state index contributed by atoms with van der Waals surface area (Å²) in [5.74, 6) is -0.225. The highest BCUT2D eigenvalue weighted by Gasteiger charge is 2.39. The van der Waals surface area contributed by atoms with Crippen molar-refractivity contribution in [3.63, 3.8) is 0 Å². The molecule has 3 atom stereocenters. The fraction of sp³-hybridized carbons (Fsp3) is 0.600. The van der Waals surface area contributed by atoms with E-state index in [1.165, 1.54) is 6.42 Å². The quantitative estimate of drug-likeness (QED) is 0.917. The Morgan fingerprint density at radius 3 is 3.05 bits per heavy atom. The monoisotopic (exact) mass is 342 g/mol. The van der Waals surface area contributed by atoms with Gasteiger partial charge in [0.05, 0.1) is 17.2 Å². The van der Waals surface area contributed by atoms with Gasteiger partial charge >= 0.3 is 0 Å². The van der Waals surface area contributed by atoms with Crippen LogP contribution in [0.2, 0.25) is 0 Å². The predicted molar refractivity (Wildman–Crippen MR) is 80.0 cm³/mol. The summed E-state index contributed by atoms with van der Waals surface area (Å²) in [5.41, 5.74) is 6.95. The zero-order valence-electron chi connectivity index (χ0n) is 11.4. The molecule has 0 radical (unpaired) electrons. The van der Waals surface area contributed by atoms with E-state index in [1.807, 2.05) is 6.07 Å². The van der Waals surface area contributed by atoms with E-state index in [2.05, 4.69) is 20.8 Å². The van der Waals surface area contributed by atoms with Crippen molar-refractivity contribution in [3.8, 4) is 0 Å². The van der Waals surface area contributed by atoms with Gasteiger partial charge in [0.1, 0.15) is 5.82 Å². The highest BCUT2D eigenvalue weighted by Crippen LogP contribution is 2.35. The normalized spacial score (nSPS) is 28.4. The molecule has 110 valence electrons. The Bertz CT molecular complexity index is 485. The molecule has 1 aromatic carbocycles. The van der Waals surface area contributed by atoms with E-state index in [0.717, 1.165) is 31.6 Å². The van der Waals surface area contributed by atoms with Crippen molar-refractivity contribution in [2.24, 2.45) is 5.73 Å². The van der Waals surface area contributed by atoms with Gasteiger partial charge in [-0.15, -0.1) is 0 Å². The summed E-state index contributed by atoms with van der Waals surface area (Å²) in [7, 11) is 0. The molecule has 2 fully saturated rings. The number of fused-ring (bicyclic) bond motifs is 1. The fourth-order valence-corrected chi connectivity index (χ4v) is 3.77. The SMILES string of the molecule is NCC(c1ccc(Br)c(F)c1)N1CCOC2CCCC21. The van der Waals surface area contributed by atoms with Gasteiger partial charge in [0.15, 0.2) is 0 Å². The molecule has 0 spiro atoms. The molecule has 0 aromatic heterocycles. The van der Waals surface area contributed by atoms with Crippen molar-refractivity contribution in [2.75, 3.05) is 19.7 Å². The first-order valence-corrected chi connectivity index (χ1v) is 8.02. The molecule has 1 saturated carbocycles. The number of rotatable bonds is 3. The number of halogens is 2. The van der Waals surface area contributed by atoms with E-state index in [-0.39, 0.29) is 11.9 Å². The summed E-state index contributed by atoms with van der Waals surface area (Å²) in [6.07, 6.45) is 3.82. The standard InChI is InChI=1S/C15H20BrFN2O/c16-11-5-4-10(8-12(11)17)14(9-18)19-6-7-20-15-3-1-2-13(15)19/h4-5,8,13-15H,1-3,6-7,9,18H2. The van der Waals surface area contributed by atoms with Crippen molar-refractivity contribution >= 4 is 15.9 Å². The molecule has 1 heterocycles. The Morgan fingerprint density at radius 2 is 2.30 bits per heavy atom. The maximum Gasteiger partial charge on any atom is 0.137 e. The maximum absolute atomic E-state index is 13.8. The Hall–Kier alpha value is -0.490. The fourth-order valence-electron chi connectivity index (χ4n) is 3.53. The number of nitrogens with two attached hydrogens (primary N) is 1. The van der Waals surface area contributed by atoms with Gasteiger partial charge in [-0.2, -0.15) is 0 Å². The third-order valence-corrected chi connectivity index (χ3v) is 5.12. The Morgan fingerprint density at radius 1 is 1.45 bits per heavy atom. The van der Waals surface area contributed by atoms with E-state index >= 15 is 0 Å². The van der Waals surface area contributed by atoms with E-state index in [9.17, 15) is 4.39 Å². The van der Waals surface area contributed by atoms with Gasteiger partial charge in [0.2, 0.25) is 0 Å². The Balaban J connectivity index is 1.86. The average molecular weight is 343 g/mol. The summed E-state index contributed by atoms with van der Waals surface area (Å²) >= 11 is 3.20. The zero-order chi connectivity index (χ0) is 14.1. The van der Waals surface area contributed by atoms with Crippen LogP contribution in [0.3, 0.4) is 0 Å². The lowest BCUT2D eigenvalue weighted by Crippen LogP contribution is -2.51. The first kappa shape index (κ1) is 14.4. The van der Waals surface area contributed by atoms with Gasteiger partial charge in [-0.25, -0.2) is 4.39 Å². The van der Waals surface area contributed by atoms with Gasteiger partial charge in [0, 0.05) is 25.2 Å². The van der Waals surface area contributed by atoms with Crippen LogP contribution in [0.1, 0.15) is 30.9 Å². The molecular weight excluding hydrogens is 323 g/mol. The van der Waals surface area contributed by atoms with Crippen LogP contribution in [-0.2, 0) is 4.74 Å². The van der Waals surface area contributed by atoms with Crippen molar-refractivity contribution in [3.05, 3.63) is 34.1 Å². The smallest absolute Gasteiger partial charge is 0.137 e. The number of benzene rings is 1. The molecule has 2 N–H and O–H groups in total. The predicted octanol–water partition coefficient (Wildman–Crippen LogP) is 2.84. The highest BCUT2D eigenvalue weighted by atomic mass is 79.9. The molecule has 20 heavy (non-hydrogen) atoms. The molecule has 1 aromatic rings. The summed E-state index contributed by atoms with van der Waals surface area (Å²) in [6, 6.07) is 5.83. The van der Waals surface area contributed by atoms with Crippen LogP contribution in [0.15, 0.2) is 22.7 Å².